The standard InChI is InChI=1S/C24H26N2O3/c1-3-28-23(27)24(18(2)26-29-17-19-9-5-4-6-10-19)15-20-11-7-8-12-22(20)21(16-24)13-14-25/h4-12,21H,3,13,15-17H2,1-2H3/b26-18-. The lowest BCUT2D eigenvalue weighted by Crippen LogP contribution is -2.45. The molecule has 0 radical (unpaired) electrons. The van der Waals surface area contributed by atoms with Crippen LogP contribution in [0.5, 0.6) is 0 Å². The number of fused-ring (bicyclic) bond motifs is 1. The molecular weight excluding hydrogens is 364 g/mol. The zero-order valence-corrected chi connectivity index (χ0v) is 16.9. The number of hydrogen-bond donors (Lipinski definition) is 0. The normalized spacial score (nSPS) is 21.0. The lowest BCUT2D eigenvalue weighted by Gasteiger charge is -2.39. The molecule has 1 aliphatic rings. The fraction of sp³-hybridized carbons (Fsp3) is 0.375. The van der Waals surface area contributed by atoms with Gasteiger partial charge in [0.25, 0.3) is 0 Å². The summed E-state index contributed by atoms with van der Waals surface area (Å²) in [5.41, 5.74) is 2.86. The molecule has 2 unspecified atom stereocenters. The number of ether oxygens (including phenoxy) is 1. The Balaban J connectivity index is 1.92. The van der Waals surface area contributed by atoms with E-state index in [-0.39, 0.29) is 11.9 Å². The average molecular weight is 390 g/mol. The first-order valence-corrected chi connectivity index (χ1v) is 9.93. The van der Waals surface area contributed by atoms with Crippen molar-refractivity contribution < 1.29 is 14.4 Å². The van der Waals surface area contributed by atoms with Crippen molar-refractivity contribution in [1.29, 1.82) is 5.26 Å². The van der Waals surface area contributed by atoms with E-state index >= 15 is 0 Å². The largest absolute Gasteiger partial charge is 0.465 e. The monoisotopic (exact) mass is 390 g/mol. The van der Waals surface area contributed by atoms with E-state index in [1.807, 2.05) is 61.5 Å². The van der Waals surface area contributed by atoms with Crippen molar-refractivity contribution in [2.75, 3.05) is 6.61 Å². The van der Waals surface area contributed by atoms with Crippen molar-refractivity contribution in [2.45, 2.75) is 45.6 Å². The molecule has 1 aliphatic carbocycles. The first kappa shape index (κ1) is 20.6. The highest BCUT2D eigenvalue weighted by atomic mass is 16.6. The summed E-state index contributed by atoms with van der Waals surface area (Å²) in [6, 6.07) is 20.0. The molecule has 150 valence electrons. The van der Waals surface area contributed by atoms with Gasteiger partial charge in [-0.1, -0.05) is 59.8 Å². The number of benzene rings is 2. The number of rotatable bonds is 7. The molecule has 2 aromatic carbocycles. The quantitative estimate of drug-likeness (QED) is 0.388. The first-order chi connectivity index (χ1) is 14.1. The van der Waals surface area contributed by atoms with E-state index in [1.54, 1.807) is 6.92 Å². The van der Waals surface area contributed by atoms with E-state index in [1.165, 1.54) is 0 Å². The van der Waals surface area contributed by atoms with E-state index in [0.717, 1.165) is 16.7 Å². The van der Waals surface area contributed by atoms with Crippen molar-refractivity contribution in [1.82, 2.24) is 0 Å². The predicted molar refractivity (Wildman–Crippen MR) is 111 cm³/mol. The molecule has 0 N–H and O–H groups in total. The van der Waals surface area contributed by atoms with Crippen LogP contribution >= 0.6 is 0 Å². The molecule has 0 spiro atoms. The number of carbonyl (C=O) groups is 1. The first-order valence-electron chi connectivity index (χ1n) is 9.93. The fourth-order valence-corrected chi connectivity index (χ4v) is 4.03. The summed E-state index contributed by atoms with van der Waals surface area (Å²) in [4.78, 5) is 18.7. The minimum atomic E-state index is -0.928. The van der Waals surface area contributed by atoms with Gasteiger partial charge in [0.05, 0.1) is 18.4 Å². The van der Waals surface area contributed by atoms with Crippen LogP contribution in [0.3, 0.4) is 0 Å². The molecule has 5 heteroatoms. The molecule has 0 saturated carbocycles. The molecule has 2 atom stereocenters. The summed E-state index contributed by atoms with van der Waals surface area (Å²) in [6.07, 6.45) is 1.32. The van der Waals surface area contributed by atoms with E-state index in [9.17, 15) is 10.1 Å². The van der Waals surface area contributed by atoms with Crippen LogP contribution in [0, 0.1) is 16.7 Å². The second-order valence-corrected chi connectivity index (χ2v) is 7.38. The van der Waals surface area contributed by atoms with E-state index in [2.05, 4.69) is 11.2 Å². The van der Waals surface area contributed by atoms with Crippen molar-refractivity contribution in [3.63, 3.8) is 0 Å². The third-order valence-corrected chi connectivity index (χ3v) is 5.55. The average Bonchev–Trinajstić information content (AvgIpc) is 2.74. The Morgan fingerprint density at radius 1 is 1.21 bits per heavy atom. The molecule has 0 saturated heterocycles. The van der Waals surface area contributed by atoms with Gasteiger partial charge in [0, 0.05) is 6.42 Å². The van der Waals surface area contributed by atoms with Gasteiger partial charge in [-0.25, -0.2) is 0 Å². The van der Waals surface area contributed by atoms with E-state index in [4.69, 9.17) is 9.57 Å². The van der Waals surface area contributed by atoms with Crippen molar-refractivity contribution in [2.24, 2.45) is 10.6 Å². The number of esters is 1. The molecule has 0 aromatic heterocycles. The van der Waals surface area contributed by atoms with Crippen molar-refractivity contribution >= 4 is 11.7 Å². The number of nitrogens with zero attached hydrogens (tertiary/aromatic N) is 2. The molecule has 29 heavy (non-hydrogen) atoms. The minimum Gasteiger partial charge on any atom is -0.465 e. The van der Waals surface area contributed by atoms with Crippen molar-refractivity contribution in [3.05, 3.63) is 71.3 Å². The SMILES string of the molecule is CCOC(=O)C1(/C(C)=N\OCc2ccccc2)Cc2ccccc2C(CC#N)C1. The van der Waals surface area contributed by atoms with Gasteiger partial charge < -0.3 is 9.57 Å². The molecule has 0 bridgehead atoms. The number of oxime groups is 1. The van der Waals surface area contributed by atoms with Crippen molar-refractivity contribution in [3.8, 4) is 6.07 Å². The van der Waals surface area contributed by atoms with Gasteiger partial charge in [0.15, 0.2) is 0 Å². The molecule has 2 aromatic rings. The molecule has 3 rings (SSSR count). The molecule has 5 nitrogen and oxygen atoms in total. The highest BCUT2D eigenvalue weighted by Gasteiger charge is 2.48. The van der Waals surface area contributed by atoms with E-state index < -0.39 is 5.41 Å². The highest BCUT2D eigenvalue weighted by molar-refractivity contribution is 6.06. The maximum Gasteiger partial charge on any atom is 0.318 e. The number of carbonyl (C=O) groups excluding carboxylic acids is 1. The van der Waals surface area contributed by atoms with Gasteiger partial charge >= 0.3 is 5.97 Å². The summed E-state index contributed by atoms with van der Waals surface area (Å²) in [5.74, 6) is -0.351. The molecule has 0 fully saturated rings. The Labute approximate surface area is 171 Å². The Morgan fingerprint density at radius 3 is 2.66 bits per heavy atom. The summed E-state index contributed by atoms with van der Waals surface area (Å²) >= 11 is 0. The Bertz CT molecular complexity index is 917. The smallest absolute Gasteiger partial charge is 0.318 e. The summed E-state index contributed by atoms with van der Waals surface area (Å²) in [5, 5.41) is 13.7. The Kier molecular flexibility index (Phi) is 6.66. The van der Waals surface area contributed by atoms with Gasteiger partial charge in [-0.05, 0) is 49.3 Å². The predicted octanol–water partition coefficient (Wildman–Crippen LogP) is 4.77. The maximum absolute atomic E-state index is 13.1. The second kappa shape index (κ2) is 9.38. The maximum atomic E-state index is 13.1. The van der Waals surface area contributed by atoms with Gasteiger partial charge in [0.1, 0.15) is 12.0 Å². The molecule has 0 amide bonds. The van der Waals surface area contributed by atoms with Crippen LogP contribution in [0.4, 0.5) is 0 Å². The Morgan fingerprint density at radius 2 is 1.93 bits per heavy atom. The van der Waals surface area contributed by atoms with Crippen LogP contribution in [0.15, 0.2) is 59.8 Å². The Hall–Kier alpha value is -3.13. The van der Waals surface area contributed by atoms with Gasteiger partial charge in [0.2, 0.25) is 0 Å². The van der Waals surface area contributed by atoms with Crippen LogP contribution in [0.2, 0.25) is 0 Å². The molecular formula is C24H26N2O3. The third-order valence-electron chi connectivity index (χ3n) is 5.55. The number of nitriles is 1. The summed E-state index contributed by atoms with van der Waals surface area (Å²) < 4.78 is 5.45. The highest BCUT2D eigenvalue weighted by Crippen LogP contribution is 2.45. The number of hydrogen-bond acceptors (Lipinski definition) is 5. The zero-order valence-electron chi connectivity index (χ0n) is 16.9. The lowest BCUT2D eigenvalue weighted by molar-refractivity contribution is -0.152. The molecule has 0 aliphatic heterocycles. The fourth-order valence-electron chi connectivity index (χ4n) is 4.03. The van der Waals surface area contributed by atoms with Crippen LogP contribution in [0.1, 0.15) is 49.3 Å². The summed E-state index contributed by atoms with van der Waals surface area (Å²) in [7, 11) is 0. The van der Waals surface area contributed by atoms with Gasteiger partial charge in [-0.3, -0.25) is 4.79 Å². The van der Waals surface area contributed by atoms with E-state index in [0.29, 0.717) is 38.2 Å². The lowest BCUT2D eigenvalue weighted by atomic mass is 9.64. The van der Waals surface area contributed by atoms with Gasteiger partial charge in [-0.2, -0.15) is 5.26 Å². The minimum absolute atomic E-state index is 0.0476. The second-order valence-electron chi connectivity index (χ2n) is 7.38. The summed E-state index contributed by atoms with van der Waals surface area (Å²) in [6.45, 7) is 4.24. The zero-order chi connectivity index (χ0) is 20.7. The third kappa shape index (κ3) is 4.48. The van der Waals surface area contributed by atoms with Crippen LogP contribution in [-0.4, -0.2) is 18.3 Å². The molecule has 0 heterocycles. The van der Waals surface area contributed by atoms with Crippen LogP contribution < -0.4 is 0 Å². The topological polar surface area (TPSA) is 71.7 Å². The van der Waals surface area contributed by atoms with Crippen LogP contribution in [-0.2, 0) is 27.4 Å². The van der Waals surface area contributed by atoms with Crippen LogP contribution in [0.25, 0.3) is 0 Å². The van der Waals surface area contributed by atoms with Gasteiger partial charge in [-0.15, -0.1) is 0 Å².